The molecule has 22 heavy (non-hydrogen) atoms. The summed E-state index contributed by atoms with van der Waals surface area (Å²) in [4.78, 5) is 4.59. The largest absolute Gasteiger partial charge is 0.497 e. The van der Waals surface area contributed by atoms with Crippen molar-refractivity contribution in [1.82, 2.24) is 4.98 Å². The molecule has 3 nitrogen and oxygen atoms in total. The van der Waals surface area contributed by atoms with Gasteiger partial charge in [-0.3, -0.25) is 0 Å². The van der Waals surface area contributed by atoms with Crippen LogP contribution in [0.25, 0.3) is 23.1 Å². The lowest BCUT2D eigenvalue weighted by atomic mass is 10.1. The van der Waals surface area contributed by atoms with Gasteiger partial charge in [0.1, 0.15) is 5.75 Å². The van der Waals surface area contributed by atoms with Crippen molar-refractivity contribution >= 4 is 52.7 Å². The summed E-state index contributed by atoms with van der Waals surface area (Å²) in [7, 11) is 1.66. The standard InChI is InChI=1S/C18H16N2O.HI/c1-21-15-10-7-13(8-11-15)6-9-14-12-17(19)16-4-2-3-5-18(16)20-14;/h2-12H,1H3,(H2,19,20);1H. The smallest absolute Gasteiger partial charge is 0.118 e. The van der Waals surface area contributed by atoms with Crippen LogP contribution >= 0.6 is 24.0 Å². The highest BCUT2D eigenvalue weighted by Crippen LogP contribution is 2.21. The second-order valence-electron chi connectivity index (χ2n) is 4.76. The molecule has 0 aliphatic heterocycles. The molecule has 3 aromatic rings. The Morgan fingerprint density at radius 2 is 1.73 bits per heavy atom. The van der Waals surface area contributed by atoms with Gasteiger partial charge in [-0.2, -0.15) is 0 Å². The number of pyridine rings is 1. The van der Waals surface area contributed by atoms with Gasteiger partial charge in [0.2, 0.25) is 0 Å². The Hall–Kier alpha value is -2.08. The molecule has 0 fully saturated rings. The Bertz CT molecular complexity index is 798. The van der Waals surface area contributed by atoms with Gasteiger partial charge in [0.25, 0.3) is 0 Å². The van der Waals surface area contributed by atoms with Gasteiger partial charge >= 0.3 is 0 Å². The number of aromatic nitrogens is 1. The topological polar surface area (TPSA) is 48.1 Å². The van der Waals surface area contributed by atoms with Crippen LogP contribution in [-0.2, 0) is 0 Å². The number of benzene rings is 2. The van der Waals surface area contributed by atoms with E-state index in [4.69, 9.17) is 10.5 Å². The number of nitrogens with two attached hydrogens (primary N) is 1. The molecular formula is C18H17IN2O. The zero-order valence-corrected chi connectivity index (χ0v) is 14.5. The van der Waals surface area contributed by atoms with Crippen molar-refractivity contribution in [3.05, 3.63) is 65.9 Å². The lowest BCUT2D eigenvalue weighted by Crippen LogP contribution is -1.91. The second-order valence-corrected chi connectivity index (χ2v) is 4.76. The fraction of sp³-hybridized carbons (Fsp3) is 0.0556. The number of hydrogen-bond donors (Lipinski definition) is 1. The molecule has 2 N–H and O–H groups in total. The van der Waals surface area contributed by atoms with Crippen LogP contribution in [0, 0.1) is 0 Å². The van der Waals surface area contributed by atoms with Crippen LogP contribution < -0.4 is 10.5 Å². The van der Waals surface area contributed by atoms with Gasteiger partial charge in [0.05, 0.1) is 18.3 Å². The van der Waals surface area contributed by atoms with Crippen molar-refractivity contribution in [2.45, 2.75) is 0 Å². The monoisotopic (exact) mass is 404 g/mol. The minimum atomic E-state index is 0. The van der Waals surface area contributed by atoms with E-state index in [1.807, 2.05) is 66.7 Å². The van der Waals surface area contributed by atoms with E-state index in [9.17, 15) is 0 Å². The number of ether oxygens (including phenoxy) is 1. The predicted octanol–water partition coefficient (Wildman–Crippen LogP) is 4.61. The molecule has 0 radical (unpaired) electrons. The molecule has 0 atom stereocenters. The highest BCUT2D eigenvalue weighted by Gasteiger charge is 2.00. The average Bonchev–Trinajstić information content (AvgIpc) is 2.53. The van der Waals surface area contributed by atoms with Gasteiger partial charge in [0, 0.05) is 11.1 Å². The summed E-state index contributed by atoms with van der Waals surface area (Å²) in [5.74, 6) is 0.847. The number of para-hydroxylation sites is 1. The highest BCUT2D eigenvalue weighted by atomic mass is 127. The van der Waals surface area contributed by atoms with Crippen LogP contribution in [0.2, 0.25) is 0 Å². The van der Waals surface area contributed by atoms with Crippen molar-refractivity contribution in [1.29, 1.82) is 0 Å². The van der Waals surface area contributed by atoms with Gasteiger partial charge in [-0.05, 0) is 35.9 Å². The minimum absolute atomic E-state index is 0. The predicted molar refractivity (Wildman–Crippen MR) is 103 cm³/mol. The molecule has 0 saturated carbocycles. The molecule has 3 rings (SSSR count). The molecule has 0 spiro atoms. The average molecular weight is 404 g/mol. The highest BCUT2D eigenvalue weighted by molar-refractivity contribution is 14.0. The molecule has 0 aliphatic rings. The first kappa shape index (κ1) is 16.3. The lowest BCUT2D eigenvalue weighted by molar-refractivity contribution is 0.415. The third-order valence-electron chi connectivity index (χ3n) is 3.33. The first-order chi connectivity index (χ1) is 10.3. The molecule has 0 amide bonds. The molecule has 0 unspecified atom stereocenters. The summed E-state index contributed by atoms with van der Waals surface area (Å²) < 4.78 is 5.14. The van der Waals surface area contributed by atoms with E-state index < -0.39 is 0 Å². The van der Waals surface area contributed by atoms with Crippen molar-refractivity contribution in [2.24, 2.45) is 0 Å². The molecule has 1 aromatic heterocycles. The summed E-state index contributed by atoms with van der Waals surface area (Å²) in [6, 6.07) is 17.6. The maximum absolute atomic E-state index is 6.07. The molecular weight excluding hydrogens is 387 g/mol. The summed E-state index contributed by atoms with van der Waals surface area (Å²) >= 11 is 0. The van der Waals surface area contributed by atoms with E-state index in [-0.39, 0.29) is 24.0 Å². The van der Waals surface area contributed by atoms with Crippen molar-refractivity contribution in [3.63, 3.8) is 0 Å². The summed E-state index contributed by atoms with van der Waals surface area (Å²) in [5, 5.41) is 0.985. The van der Waals surface area contributed by atoms with Crippen LogP contribution in [0.3, 0.4) is 0 Å². The number of rotatable bonds is 3. The van der Waals surface area contributed by atoms with Crippen LogP contribution in [0.1, 0.15) is 11.3 Å². The van der Waals surface area contributed by atoms with E-state index in [0.29, 0.717) is 0 Å². The number of nitrogens with zero attached hydrogens (tertiary/aromatic N) is 1. The van der Waals surface area contributed by atoms with Crippen LogP contribution in [0.15, 0.2) is 54.6 Å². The normalized spacial score (nSPS) is 10.6. The Balaban J connectivity index is 0.00000176. The molecule has 112 valence electrons. The number of nitrogen functional groups attached to an aromatic ring is 1. The van der Waals surface area contributed by atoms with E-state index in [1.165, 1.54) is 0 Å². The minimum Gasteiger partial charge on any atom is -0.497 e. The first-order valence-electron chi connectivity index (χ1n) is 6.74. The quantitative estimate of drug-likeness (QED) is 0.649. The van der Waals surface area contributed by atoms with Crippen LogP contribution in [0.5, 0.6) is 5.75 Å². The Labute approximate surface area is 146 Å². The maximum Gasteiger partial charge on any atom is 0.118 e. The second kappa shape index (κ2) is 7.26. The Morgan fingerprint density at radius 1 is 1.00 bits per heavy atom. The molecule has 4 heteroatoms. The number of anilines is 1. The fourth-order valence-electron chi connectivity index (χ4n) is 2.21. The maximum atomic E-state index is 6.07. The first-order valence-corrected chi connectivity index (χ1v) is 6.74. The van der Waals surface area contributed by atoms with Gasteiger partial charge in [-0.1, -0.05) is 36.4 Å². The van der Waals surface area contributed by atoms with E-state index in [2.05, 4.69) is 4.98 Å². The molecule has 1 heterocycles. The van der Waals surface area contributed by atoms with Crippen molar-refractivity contribution in [3.8, 4) is 5.75 Å². The number of fused-ring (bicyclic) bond motifs is 1. The van der Waals surface area contributed by atoms with Crippen LogP contribution in [-0.4, -0.2) is 12.1 Å². The lowest BCUT2D eigenvalue weighted by Gasteiger charge is -2.03. The fourth-order valence-corrected chi connectivity index (χ4v) is 2.21. The van der Waals surface area contributed by atoms with E-state index >= 15 is 0 Å². The number of hydrogen-bond acceptors (Lipinski definition) is 3. The van der Waals surface area contributed by atoms with Gasteiger partial charge in [0.15, 0.2) is 0 Å². The van der Waals surface area contributed by atoms with E-state index in [1.54, 1.807) is 7.11 Å². The number of halogens is 1. The van der Waals surface area contributed by atoms with Gasteiger partial charge in [-0.25, -0.2) is 4.98 Å². The SMILES string of the molecule is COc1ccc(C=Cc2cc(N)c3ccccc3n2)cc1.I. The number of methoxy groups -OCH3 is 1. The zero-order chi connectivity index (χ0) is 14.7. The summed E-state index contributed by atoms with van der Waals surface area (Å²) in [6.07, 6.45) is 3.97. The van der Waals surface area contributed by atoms with Crippen molar-refractivity contribution < 1.29 is 4.74 Å². The van der Waals surface area contributed by atoms with Crippen LogP contribution in [0.4, 0.5) is 5.69 Å². The summed E-state index contributed by atoms with van der Waals surface area (Å²) in [5.41, 5.74) is 9.66. The van der Waals surface area contributed by atoms with Crippen molar-refractivity contribution in [2.75, 3.05) is 12.8 Å². The van der Waals surface area contributed by atoms with Gasteiger partial charge in [-0.15, -0.1) is 24.0 Å². The molecule has 0 bridgehead atoms. The molecule has 2 aromatic carbocycles. The Kier molecular flexibility index (Phi) is 5.38. The Morgan fingerprint density at radius 3 is 2.45 bits per heavy atom. The van der Waals surface area contributed by atoms with E-state index in [0.717, 1.165) is 33.6 Å². The molecule has 0 saturated heterocycles. The molecule has 0 aliphatic carbocycles. The summed E-state index contributed by atoms with van der Waals surface area (Å²) in [6.45, 7) is 0. The third-order valence-corrected chi connectivity index (χ3v) is 3.33. The zero-order valence-electron chi connectivity index (χ0n) is 12.2. The van der Waals surface area contributed by atoms with Gasteiger partial charge < -0.3 is 10.5 Å². The third kappa shape index (κ3) is 3.57.